The Hall–Kier alpha value is -0.690. The van der Waals surface area contributed by atoms with E-state index < -0.39 is 0 Å². The maximum atomic E-state index is 5.75. The van der Waals surface area contributed by atoms with Crippen LogP contribution in [0.4, 0.5) is 0 Å². The highest BCUT2D eigenvalue weighted by Crippen LogP contribution is 2.15. The normalized spacial score (nSPS) is 10.7. The minimum absolute atomic E-state index is 0.545. The summed E-state index contributed by atoms with van der Waals surface area (Å²) in [5.41, 5.74) is 1.11. The van der Waals surface area contributed by atoms with E-state index in [1.165, 1.54) is 6.42 Å². The Bertz CT molecular complexity index is 284. The van der Waals surface area contributed by atoms with Crippen LogP contribution < -0.4 is 4.74 Å². The van der Waals surface area contributed by atoms with Gasteiger partial charge in [-0.2, -0.15) is 0 Å². The van der Waals surface area contributed by atoms with Crippen molar-refractivity contribution in [3.63, 3.8) is 0 Å². The van der Waals surface area contributed by atoms with E-state index in [1.54, 1.807) is 0 Å². The Labute approximate surface area is 97.4 Å². The molecule has 0 atom stereocenters. The first-order valence-corrected chi connectivity index (χ1v) is 6.03. The fraction of sp³-hybridized carbons (Fsp3) is 0.538. The number of hydrogen-bond acceptors (Lipinski definition) is 1. The second-order valence-electron chi connectivity index (χ2n) is 4.17. The van der Waals surface area contributed by atoms with Crippen LogP contribution in [-0.4, -0.2) is 6.61 Å². The van der Waals surface area contributed by atoms with E-state index in [4.69, 9.17) is 16.3 Å². The van der Waals surface area contributed by atoms with Crippen LogP contribution in [0.15, 0.2) is 24.3 Å². The Kier molecular flexibility index (Phi) is 5.56. The first-order valence-electron chi connectivity index (χ1n) is 5.50. The smallest absolute Gasteiger partial charge is 0.119 e. The van der Waals surface area contributed by atoms with E-state index in [0.29, 0.717) is 5.88 Å². The number of halogens is 1. The molecule has 0 saturated heterocycles. The summed E-state index contributed by atoms with van der Waals surface area (Å²) in [5, 5.41) is 0. The fourth-order valence-corrected chi connectivity index (χ4v) is 1.57. The highest BCUT2D eigenvalue weighted by Gasteiger charge is 1.97. The van der Waals surface area contributed by atoms with Gasteiger partial charge in [0, 0.05) is 5.88 Å². The predicted molar refractivity (Wildman–Crippen MR) is 65.6 cm³/mol. The lowest BCUT2D eigenvalue weighted by Crippen LogP contribution is -1.99. The molecule has 0 aromatic heterocycles. The number of benzene rings is 1. The Morgan fingerprint density at radius 2 is 2.13 bits per heavy atom. The highest BCUT2D eigenvalue weighted by molar-refractivity contribution is 6.17. The molecule has 0 spiro atoms. The van der Waals surface area contributed by atoms with E-state index in [0.717, 1.165) is 30.3 Å². The molecule has 0 unspecified atom stereocenters. The summed E-state index contributed by atoms with van der Waals surface area (Å²) >= 11 is 5.75. The molecule has 0 saturated carbocycles. The maximum Gasteiger partial charge on any atom is 0.119 e. The third-order valence-electron chi connectivity index (χ3n) is 2.25. The molecule has 0 heterocycles. The highest BCUT2D eigenvalue weighted by atomic mass is 35.5. The molecular weight excluding hydrogens is 208 g/mol. The van der Waals surface area contributed by atoms with Crippen molar-refractivity contribution in [3.8, 4) is 5.75 Å². The van der Waals surface area contributed by atoms with E-state index in [9.17, 15) is 0 Å². The zero-order valence-corrected chi connectivity index (χ0v) is 10.3. The molecule has 1 nitrogen and oxygen atoms in total. The van der Waals surface area contributed by atoms with Crippen LogP contribution in [0.25, 0.3) is 0 Å². The quantitative estimate of drug-likeness (QED) is 0.521. The average Bonchev–Trinajstić information content (AvgIpc) is 2.24. The van der Waals surface area contributed by atoms with Crippen molar-refractivity contribution in [2.24, 2.45) is 5.92 Å². The maximum absolute atomic E-state index is 5.75. The van der Waals surface area contributed by atoms with Crippen molar-refractivity contribution in [1.82, 2.24) is 0 Å². The van der Waals surface area contributed by atoms with Crippen LogP contribution >= 0.6 is 11.6 Å². The second-order valence-corrected chi connectivity index (χ2v) is 4.43. The molecule has 1 rings (SSSR count). The number of hydrogen-bond donors (Lipinski definition) is 0. The van der Waals surface area contributed by atoms with Crippen LogP contribution in [0, 0.1) is 5.92 Å². The molecule has 0 aliphatic carbocycles. The lowest BCUT2D eigenvalue weighted by molar-refractivity contribution is 0.297. The van der Waals surface area contributed by atoms with E-state index >= 15 is 0 Å². The summed E-state index contributed by atoms with van der Waals surface area (Å²) in [6.45, 7) is 5.26. The van der Waals surface area contributed by atoms with Crippen molar-refractivity contribution >= 4 is 11.6 Å². The molecule has 0 aliphatic heterocycles. The van der Waals surface area contributed by atoms with Gasteiger partial charge in [0.1, 0.15) is 5.75 Å². The van der Waals surface area contributed by atoms with Crippen LogP contribution in [0.3, 0.4) is 0 Å². The lowest BCUT2D eigenvalue weighted by atomic mass is 10.1. The molecule has 1 aromatic carbocycles. The van der Waals surface area contributed by atoms with E-state index in [1.807, 2.05) is 24.3 Å². The number of rotatable bonds is 6. The third-order valence-corrected chi connectivity index (χ3v) is 2.56. The summed E-state index contributed by atoms with van der Waals surface area (Å²) in [6.07, 6.45) is 2.33. The van der Waals surface area contributed by atoms with Gasteiger partial charge in [0.2, 0.25) is 0 Å². The molecule has 0 bridgehead atoms. The van der Waals surface area contributed by atoms with Gasteiger partial charge in [-0.1, -0.05) is 26.0 Å². The molecule has 0 amide bonds. The third kappa shape index (κ3) is 5.08. The summed E-state index contributed by atoms with van der Waals surface area (Å²) in [4.78, 5) is 0. The molecular formula is C13H19ClO. The van der Waals surface area contributed by atoms with Crippen molar-refractivity contribution < 1.29 is 4.74 Å². The van der Waals surface area contributed by atoms with Gasteiger partial charge in [-0.05, 0) is 36.5 Å². The van der Waals surface area contributed by atoms with Gasteiger partial charge in [-0.3, -0.25) is 0 Å². The fourth-order valence-electron chi connectivity index (χ4n) is 1.40. The van der Waals surface area contributed by atoms with Crippen molar-refractivity contribution in [2.45, 2.75) is 32.6 Å². The number of alkyl halides is 1. The first kappa shape index (κ1) is 12.4. The number of ether oxygens (including phenoxy) is 1. The minimum atomic E-state index is 0.545. The van der Waals surface area contributed by atoms with Gasteiger partial charge in [-0.15, -0.1) is 11.6 Å². The van der Waals surface area contributed by atoms with Gasteiger partial charge in [0.05, 0.1) is 6.61 Å². The second kappa shape index (κ2) is 6.73. The van der Waals surface area contributed by atoms with Crippen LogP contribution in [0.1, 0.15) is 32.3 Å². The largest absolute Gasteiger partial charge is 0.494 e. The Morgan fingerprint density at radius 3 is 2.80 bits per heavy atom. The van der Waals surface area contributed by atoms with Gasteiger partial charge in [0.25, 0.3) is 0 Å². The molecule has 2 heteroatoms. The first-order chi connectivity index (χ1) is 7.22. The lowest BCUT2D eigenvalue weighted by Gasteiger charge is -2.08. The molecule has 0 radical (unpaired) electrons. The summed E-state index contributed by atoms with van der Waals surface area (Å²) < 4.78 is 5.64. The average molecular weight is 227 g/mol. The van der Waals surface area contributed by atoms with Crippen molar-refractivity contribution in [2.75, 3.05) is 6.61 Å². The zero-order chi connectivity index (χ0) is 11.1. The Balaban J connectivity index is 2.30. The van der Waals surface area contributed by atoms with Gasteiger partial charge in [-0.25, -0.2) is 0 Å². The summed E-state index contributed by atoms with van der Waals surface area (Å²) in [5.74, 6) is 2.23. The molecule has 15 heavy (non-hydrogen) atoms. The minimum Gasteiger partial charge on any atom is -0.494 e. The Morgan fingerprint density at radius 1 is 1.33 bits per heavy atom. The molecule has 1 aromatic rings. The van der Waals surface area contributed by atoms with Crippen molar-refractivity contribution in [1.29, 1.82) is 0 Å². The van der Waals surface area contributed by atoms with Gasteiger partial charge >= 0.3 is 0 Å². The van der Waals surface area contributed by atoms with Gasteiger partial charge < -0.3 is 4.74 Å². The van der Waals surface area contributed by atoms with Gasteiger partial charge in [0.15, 0.2) is 0 Å². The van der Waals surface area contributed by atoms with E-state index in [2.05, 4.69) is 13.8 Å². The zero-order valence-electron chi connectivity index (χ0n) is 9.50. The molecule has 0 fully saturated rings. The summed E-state index contributed by atoms with van der Waals surface area (Å²) in [7, 11) is 0. The van der Waals surface area contributed by atoms with Crippen molar-refractivity contribution in [3.05, 3.63) is 29.8 Å². The molecule has 84 valence electrons. The van der Waals surface area contributed by atoms with Crippen LogP contribution in [-0.2, 0) is 5.88 Å². The standard InChI is InChI=1S/C13H19ClO/c1-11(2)5-4-8-15-13-7-3-6-12(9-13)10-14/h3,6-7,9,11H,4-5,8,10H2,1-2H3. The predicted octanol–water partition coefficient (Wildman–Crippen LogP) is 4.24. The summed E-state index contributed by atoms with van der Waals surface area (Å²) in [6, 6.07) is 7.97. The van der Waals surface area contributed by atoms with E-state index in [-0.39, 0.29) is 0 Å². The van der Waals surface area contributed by atoms with Crippen LogP contribution in [0.5, 0.6) is 5.75 Å². The monoisotopic (exact) mass is 226 g/mol. The SMILES string of the molecule is CC(C)CCCOc1cccc(CCl)c1. The molecule has 0 N–H and O–H groups in total. The molecule has 0 aliphatic rings. The topological polar surface area (TPSA) is 9.23 Å². The van der Waals surface area contributed by atoms with Crippen LogP contribution in [0.2, 0.25) is 0 Å².